The maximum absolute atomic E-state index is 11.5. The number of amides is 1. The summed E-state index contributed by atoms with van der Waals surface area (Å²) in [6, 6.07) is 5.81. The first-order chi connectivity index (χ1) is 8.63. The Morgan fingerprint density at radius 3 is 2.83 bits per heavy atom. The largest absolute Gasteiger partial charge is 0.368 e. The number of anilines is 1. The molecule has 1 aliphatic rings. The molecule has 0 radical (unpaired) electrons. The monoisotopic (exact) mass is 311 g/mol. The van der Waals surface area contributed by atoms with E-state index in [1.54, 1.807) is 0 Å². The number of halogens is 1. The van der Waals surface area contributed by atoms with Crippen LogP contribution in [0.1, 0.15) is 24.8 Å². The van der Waals surface area contributed by atoms with Gasteiger partial charge in [0.15, 0.2) is 0 Å². The second kappa shape index (κ2) is 5.71. The Balaban J connectivity index is 2.31. The lowest BCUT2D eigenvalue weighted by Crippen LogP contribution is -2.48. The Labute approximate surface area is 115 Å². The summed E-state index contributed by atoms with van der Waals surface area (Å²) in [4.78, 5) is 13.6. The summed E-state index contributed by atoms with van der Waals surface area (Å²) in [6.45, 7) is 1.38. The van der Waals surface area contributed by atoms with E-state index in [0.717, 1.165) is 41.5 Å². The van der Waals surface area contributed by atoms with E-state index < -0.39 is 0 Å². The summed E-state index contributed by atoms with van der Waals surface area (Å²) in [5.41, 5.74) is 13.2. The van der Waals surface area contributed by atoms with Crippen LogP contribution in [0.15, 0.2) is 22.7 Å². The molecule has 4 N–H and O–H groups in total. The average Bonchev–Trinajstić information content (AvgIpc) is 2.38. The number of nitrogens with zero attached hydrogens (tertiary/aromatic N) is 1. The molecular formula is C13H18BrN3O. The van der Waals surface area contributed by atoms with Gasteiger partial charge in [-0.2, -0.15) is 0 Å². The fourth-order valence-corrected chi connectivity index (χ4v) is 3.08. The van der Waals surface area contributed by atoms with Gasteiger partial charge < -0.3 is 16.4 Å². The number of piperidine rings is 1. The van der Waals surface area contributed by atoms with E-state index in [1.165, 1.54) is 0 Å². The first-order valence-electron chi connectivity index (χ1n) is 6.18. The molecule has 1 atom stereocenters. The Morgan fingerprint density at radius 1 is 1.44 bits per heavy atom. The van der Waals surface area contributed by atoms with Crippen molar-refractivity contribution in [2.45, 2.75) is 31.8 Å². The second-order valence-corrected chi connectivity index (χ2v) is 5.45. The minimum Gasteiger partial charge on any atom is -0.368 e. The highest BCUT2D eigenvalue weighted by Gasteiger charge is 2.28. The normalized spacial score (nSPS) is 19.9. The molecule has 5 heteroatoms. The van der Waals surface area contributed by atoms with Gasteiger partial charge in [-0.25, -0.2) is 0 Å². The maximum Gasteiger partial charge on any atom is 0.240 e. The van der Waals surface area contributed by atoms with Gasteiger partial charge in [0.1, 0.15) is 6.04 Å². The predicted molar refractivity (Wildman–Crippen MR) is 76.2 cm³/mol. The fraction of sp³-hybridized carbons (Fsp3) is 0.462. The highest BCUT2D eigenvalue weighted by molar-refractivity contribution is 9.10. The summed E-state index contributed by atoms with van der Waals surface area (Å²) in [5, 5.41) is 0. The van der Waals surface area contributed by atoms with E-state index in [9.17, 15) is 4.79 Å². The van der Waals surface area contributed by atoms with Crippen LogP contribution in [0, 0.1) is 0 Å². The molecule has 1 aliphatic heterocycles. The van der Waals surface area contributed by atoms with Crippen LogP contribution in [0.3, 0.4) is 0 Å². The zero-order valence-corrected chi connectivity index (χ0v) is 11.8. The van der Waals surface area contributed by atoms with Crippen LogP contribution >= 0.6 is 15.9 Å². The number of hydrogen-bond donors (Lipinski definition) is 2. The molecule has 4 nitrogen and oxygen atoms in total. The van der Waals surface area contributed by atoms with Gasteiger partial charge in [-0.15, -0.1) is 0 Å². The molecular weight excluding hydrogens is 294 g/mol. The molecule has 0 spiro atoms. The van der Waals surface area contributed by atoms with E-state index in [4.69, 9.17) is 11.5 Å². The molecule has 1 aromatic carbocycles. The lowest BCUT2D eigenvalue weighted by molar-refractivity contribution is -0.119. The minimum atomic E-state index is -0.246. The molecule has 1 amide bonds. The number of benzene rings is 1. The standard InChI is InChI=1S/C13H18BrN3O/c14-10-7-9(8-15)4-5-11(10)17-6-2-1-3-12(17)13(16)18/h4-5,7,12H,1-3,6,8,15H2,(H2,16,18). The number of rotatable bonds is 3. The number of hydrogen-bond acceptors (Lipinski definition) is 3. The summed E-state index contributed by atoms with van der Waals surface area (Å²) >= 11 is 3.55. The zero-order valence-electron chi connectivity index (χ0n) is 10.2. The van der Waals surface area contributed by atoms with Crippen LogP contribution in [-0.4, -0.2) is 18.5 Å². The van der Waals surface area contributed by atoms with E-state index in [2.05, 4.69) is 20.8 Å². The first-order valence-corrected chi connectivity index (χ1v) is 6.97. The van der Waals surface area contributed by atoms with Gasteiger partial charge in [0.25, 0.3) is 0 Å². The van der Waals surface area contributed by atoms with Gasteiger partial charge in [0.05, 0.1) is 5.69 Å². The lowest BCUT2D eigenvalue weighted by atomic mass is 10.0. The first kappa shape index (κ1) is 13.4. The smallest absolute Gasteiger partial charge is 0.240 e. The van der Waals surface area contributed by atoms with Crippen molar-refractivity contribution in [1.29, 1.82) is 0 Å². The topological polar surface area (TPSA) is 72.3 Å². The van der Waals surface area contributed by atoms with Crippen molar-refractivity contribution in [3.63, 3.8) is 0 Å². The minimum absolute atomic E-state index is 0.196. The van der Waals surface area contributed by atoms with Crippen LogP contribution in [0.2, 0.25) is 0 Å². The van der Waals surface area contributed by atoms with Crippen molar-refractivity contribution in [2.75, 3.05) is 11.4 Å². The van der Waals surface area contributed by atoms with Gasteiger partial charge >= 0.3 is 0 Å². The SMILES string of the molecule is NCc1ccc(N2CCCCC2C(N)=O)c(Br)c1. The summed E-state index contributed by atoms with van der Waals surface area (Å²) in [5.74, 6) is -0.246. The second-order valence-electron chi connectivity index (χ2n) is 4.60. The van der Waals surface area contributed by atoms with Crippen LogP contribution in [0.4, 0.5) is 5.69 Å². The van der Waals surface area contributed by atoms with Crippen molar-refractivity contribution in [3.8, 4) is 0 Å². The van der Waals surface area contributed by atoms with E-state index in [-0.39, 0.29) is 11.9 Å². The number of carbonyl (C=O) groups excluding carboxylic acids is 1. The third-order valence-electron chi connectivity index (χ3n) is 3.39. The number of primary amides is 1. The van der Waals surface area contributed by atoms with Crippen LogP contribution < -0.4 is 16.4 Å². The van der Waals surface area contributed by atoms with Gasteiger partial charge in [-0.1, -0.05) is 6.07 Å². The Bertz CT molecular complexity index is 450. The molecule has 0 bridgehead atoms. The molecule has 1 aromatic rings. The van der Waals surface area contributed by atoms with Gasteiger partial charge in [-0.05, 0) is 52.9 Å². The molecule has 1 unspecified atom stereocenters. The van der Waals surface area contributed by atoms with Crippen molar-refractivity contribution >= 4 is 27.5 Å². The van der Waals surface area contributed by atoms with E-state index >= 15 is 0 Å². The highest BCUT2D eigenvalue weighted by Crippen LogP contribution is 2.32. The molecule has 2 rings (SSSR count). The number of nitrogens with two attached hydrogens (primary N) is 2. The van der Waals surface area contributed by atoms with Gasteiger partial charge in [-0.3, -0.25) is 4.79 Å². The van der Waals surface area contributed by atoms with Gasteiger partial charge in [0, 0.05) is 17.6 Å². The number of carbonyl (C=O) groups is 1. The van der Waals surface area contributed by atoms with Crippen LogP contribution in [0.5, 0.6) is 0 Å². The van der Waals surface area contributed by atoms with Crippen molar-refractivity contribution in [2.24, 2.45) is 11.5 Å². The molecule has 18 heavy (non-hydrogen) atoms. The average molecular weight is 312 g/mol. The Kier molecular flexibility index (Phi) is 4.24. The Morgan fingerprint density at radius 2 is 2.22 bits per heavy atom. The highest BCUT2D eigenvalue weighted by atomic mass is 79.9. The van der Waals surface area contributed by atoms with Gasteiger partial charge in [0.2, 0.25) is 5.91 Å². The molecule has 0 aliphatic carbocycles. The molecule has 0 aromatic heterocycles. The summed E-state index contributed by atoms with van der Waals surface area (Å²) in [7, 11) is 0. The van der Waals surface area contributed by atoms with Crippen molar-refractivity contribution in [1.82, 2.24) is 0 Å². The summed E-state index contributed by atoms with van der Waals surface area (Å²) < 4.78 is 0.971. The molecule has 1 heterocycles. The van der Waals surface area contributed by atoms with Crippen molar-refractivity contribution in [3.05, 3.63) is 28.2 Å². The summed E-state index contributed by atoms with van der Waals surface area (Å²) in [6.07, 6.45) is 2.98. The molecule has 98 valence electrons. The lowest BCUT2D eigenvalue weighted by Gasteiger charge is -2.36. The third-order valence-corrected chi connectivity index (χ3v) is 4.02. The van der Waals surface area contributed by atoms with Crippen LogP contribution in [0.25, 0.3) is 0 Å². The predicted octanol–water partition coefficient (Wildman–Crippen LogP) is 1.75. The van der Waals surface area contributed by atoms with E-state index in [1.807, 2.05) is 18.2 Å². The molecule has 1 fully saturated rings. The van der Waals surface area contributed by atoms with Crippen LogP contribution in [-0.2, 0) is 11.3 Å². The quantitative estimate of drug-likeness (QED) is 0.893. The third kappa shape index (κ3) is 2.67. The molecule has 0 saturated carbocycles. The van der Waals surface area contributed by atoms with E-state index in [0.29, 0.717) is 6.54 Å². The fourth-order valence-electron chi connectivity index (χ4n) is 2.43. The maximum atomic E-state index is 11.5. The van der Waals surface area contributed by atoms with Crippen molar-refractivity contribution < 1.29 is 4.79 Å². The molecule has 1 saturated heterocycles. The zero-order chi connectivity index (χ0) is 13.1. The Hall–Kier alpha value is -1.07.